The van der Waals surface area contributed by atoms with Gasteiger partial charge in [0.25, 0.3) is 0 Å². The number of hydrogen-bond donors (Lipinski definition) is 0. The molecule has 1 heterocycles. The molecule has 1 rings (SSSR count). The van der Waals surface area contributed by atoms with E-state index in [0.29, 0.717) is 0 Å². The summed E-state index contributed by atoms with van der Waals surface area (Å²) in [6, 6.07) is 0. The maximum atomic E-state index is 11.9. The van der Waals surface area contributed by atoms with Crippen LogP contribution in [0.5, 0.6) is 0 Å². The van der Waals surface area contributed by atoms with Gasteiger partial charge in [-0.1, -0.05) is 0 Å². The molecule has 4 heteroatoms. The Bertz CT molecular complexity index is 252. The molecule has 0 saturated carbocycles. The molecule has 1 aliphatic heterocycles. The van der Waals surface area contributed by atoms with Crippen molar-refractivity contribution in [3.63, 3.8) is 0 Å². The van der Waals surface area contributed by atoms with E-state index in [2.05, 4.69) is 0 Å². The Kier molecular flexibility index (Phi) is 5.93. The van der Waals surface area contributed by atoms with Crippen LogP contribution in [0.3, 0.4) is 0 Å². The van der Waals surface area contributed by atoms with Gasteiger partial charge >= 0.3 is 6.09 Å². The predicted octanol–water partition coefficient (Wildman–Crippen LogP) is 3.06. The molecule has 106 valence electrons. The van der Waals surface area contributed by atoms with Crippen molar-refractivity contribution in [1.82, 2.24) is 4.90 Å². The first-order chi connectivity index (χ1) is 8.42. The summed E-state index contributed by atoms with van der Waals surface area (Å²) < 4.78 is 10.4. The Morgan fingerprint density at radius 3 is 2.39 bits per heavy atom. The lowest BCUT2D eigenvalue weighted by molar-refractivity contribution is 0.0178. The standard InChI is InChI=1S/C14H27NO3/c1-14(2,3)18-13(16)15-9-7-12(8-10-15)6-5-11-17-4/h12H,5-11H2,1-4H3. The molecule has 1 saturated heterocycles. The Hall–Kier alpha value is -0.770. The third-order valence-corrected chi connectivity index (χ3v) is 3.23. The molecule has 0 aromatic rings. The van der Waals surface area contributed by atoms with Gasteiger partial charge in [0.2, 0.25) is 0 Å². The summed E-state index contributed by atoms with van der Waals surface area (Å²) in [4.78, 5) is 13.7. The molecule has 18 heavy (non-hydrogen) atoms. The molecule has 1 aliphatic rings. The summed E-state index contributed by atoms with van der Waals surface area (Å²) in [5, 5.41) is 0. The summed E-state index contributed by atoms with van der Waals surface area (Å²) in [6.07, 6.45) is 4.33. The minimum absolute atomic E-state index is 0.169. The average Bonchev–Trinajstić information content (AvgIpc) is 2.28. The molecular weight excluding hydrogens is 230 g/mol. The van der Waals surface area contributed by atoms with Crippen LogP contribution in [0.15, 0.2) is 0 Å². The highest BCUT2D eigenvalue weighted by molar-refractivity contribution is 5.68. The molecule has 0 radical (unpaired) electrons. The second-order valence-corrected chi connectivity index (χ2v) is 6.05. The summed E-state index contributed by atoms with van der Waals surface area (Å²) in [5.74, 6) is 0.735. The lowest BCUT2D eigenvalue weighted by Gasteiger charge is -2.33. The van der Waals surface area contributed by atoms with Crippen LogP contribution in [0.1, 0.15) is 46.5 Å². The monoisotopic (exact) mass is 257 g/mol. The molecule has 0 spiro atoms. The zero-order valence-electron chi connectivity index (χ0n) is 12.2. The Labute approximate surface area is 111 Å². The number of hydrogen-bond acceptors (Lipinski definition) is 3. The lowest BCUT2D eigenvalue weighted by Crippen LogP contribution is -2.41. The number of rotatable bonds is 4. The van der Waals surface area contributed by atoms with E-state index in [0.717, 1.165) is 44.9 Å². The molecule has 4 nitrogen and oxygen atoms in total. The summed E-state index contributed by atoms with van der Waals surface area (Å²) in [7, 11) is 1.74. The van der Waals surface area contributed by atoms with Crippen molar-refractivity contribution in [2.75, 3.05) is 26.8 Å². The van der Waals surface area contributed by atoms with Gasteiger partial charge in [0.15, 0.2) is 0 Å². The van der Waals surface area contributed by atoms with E-state index < -0.39 is 5.60 Å². The van der Waals surface area contributed by atoms with E-state index in [1.807, 2.05) is 25.7 Å². The summed E-state index contributed by atoms with van der Waals surface area (Å²) in [5.41, 5.74) is -0.396. The van der Waals surface area contributed by atoms with E-state index >= 15 is 0 Å². The van der Waals surface area contributed by atoms with Gasteiger partial charge in [0.1, 0.15) is 5.60 Å². The Morgan fingerprint density at radius 1 is 1.28 bits per heavy atom. The van der Waals surface area contributed by atoms with Crippen molar-refractivity contribution < 1.29 is 14.3 Å². The highest BCUT2D eigenvalue weighted by Gasteiger charge is 2.26. The summed E-state index contributed by atoms with van der Waals surface area (Å²) in [6.45, 7) is 8.21. The van der Waals surface area contributed by atoms with E-state index in [-0.39, 0.29) is 6.09 Å². The number of carbonyl (C=O) groups excluding carboxylic acids is 1. The normalized spacial score (nSPS) is 17.9. The largest absolute Gasteiger partial charge is 0.444 e. The molecule has 1 fully saturated rings. The number of amides is 1. The molecule has 0 unspecified atom stereocenters. The molecule has 0 aliphatic carbocycles. The number of piperidine rings is 1. The van der Waals surface area contributed by atoms with E-state index in [4.69, 9.17) is 9.47 Å². The molecule has 0 aromatic carbocycles. The molecule has 1 amide bonds. The predicted molar refractivity (Wildman–Crippen MR) is 71.6 cm³/mol. The zero-order chi connectivity index (χ0) is 13.6. The zero-order valence-corrected chi connectivity index (χ0v) is 12.2. The smallest absolute Gasteiger partial charge is 0.410 e. The highest BCUT2D eigenvalue weighted by atomic mass is 16.6. The second-order valence-electron chi connectivity index (χ2n) is 6.05. The third-order valence-electron chi connectivity index (χ3n) is 3.23. The summed E-state index contributed by atoms with van der Waals surface area (Å²) >= 11 is 0. The van der Waals surface area contributed by atoms with Crippen LogP contribution >= 0.6 is 0 Å². The first-order valence-corrected chi connectivity index (χ1v) is 6.89. The van der Waals surface area contributed by atoms with Gasteiger partial charge in [-0.25, -0.2) is 4.79 Å². The van der Waals surface area contributed by atoms with E-state index in [1.54, 1.807) is 7.11 Å². The van der Waals surface area contributed by atoms with Crippen LogP contribution < -0.4 is 0 Å². The average molecular weight is 257 g/mol. The lowest BCUT2D eigenvalue weighted by atomic mass is 9.92. The molecular formula is C14H27NO3. The molecule has 0 bridgehead atoms. The van der Waals surface area contributed by atoms with E-state index in [9.17, 15) is 4.79 Å². The fourth-order valence-electron chi connectivity index (χ4n) is 2.25. The van der Waals surface area contributed by atoms with Crippen molar-refractivity contribution in [3.05, 3.63) is 0 Å². The maximum Gasteiger partial charge on any atom is 0.410 e. The fourth-order valence-corrected chi connectivity index (χ4v) is 2.25. The van der Waals surface area contributed by atoms with Gasteiger partial charge in [-0.2, -0.15) is 0 Å². The number of methoxy groups -OCH3 is 1. The number of carbonyl (C=O) groups is 1. The molecule has 0 aromatic heterocycles. The van der Waals surface area contributed by atoms with Crippen LogP contribution in [-0.4, -0.2) is 43.4 Å². The van der Waals surface area contributed by atoms with Crippen molar-refractivity contribution in [2.24, 2.45) is 5.92 Å². The highest BCUT2D eigenvalue weighted by Crippen LogP contribution is 2.23. The number of ether oxygens (including phenoxy) is 2. The van der Waals surface area contributed by atoms with Gasteiger partial charge in [-0.05, 0) is 52.4 Å². The fraction of sp³-hybridized carbons (Fsp3) is 0.929. The third kappa shape index (κ3) is 5.71. The first kappa shape index (κ1) is 15.3. The van der Waals surface area contributed by atoms with Gasteiger partial charge in [0, 0.05) is 26.8 Å². The maximum absolute atomic E-state index is 11.9. The minimum atomic E-state index is -0.396. The van der Waals surface area contributed by atoms with Crippen LogP contribution in [0.2, 0.25) is 0 Å². The van der Waals surface area contributed by atoms with Crippen molar-refractivity contribution in [3.8, 4) is 0 Å². The van der Waals surface area contributed by atoms with Crippen molar-refractivity contribution in [1.29, 1.82) is 0 Å². The Balaban J connectivity index is 2.24. The SMILES string of the molecule is COCCCC1CCN(C(=O)OC(C)(C)C)CC1. The van der Waals surface area contributed by atoms with Crippen LogP contribution in [0, 0.1) is 5.92 Å². The first-order valence-electron chi connectivity index (χ1n) is 6.89. The van der Waals surface area contributed by atoms with Crippen LogP contribution in [0.25, 0.3) is 0 Å². The van der Waals surface area contributed by atoms with Gasteiger partial charge in [0.05, 0.1) is 0 Å². The Morgan fingerprint density at radius 2 is 1.89 bits per heavy atom. The van der Waals surface area contributed by atoms with Crippen molar-refractivity contribution in [2.45, 2.75) is 52.1 Å². The minimum Gasteiger partial charge on any atom is -0.444 e. The topological polar surface area (TPSA) is 38.8 Å². The van der Waals surface area contributed by atoms with Crippen molar-refractivity contribution >= 4 is 6.09 Å². The molecule has 0 N–H and O–H groups in total. The van der Waals surface area contributed by atoms with Crippen LogP contribution in [0.4, 0.5) is 4.79 Å². The van der Waals surface area contributed by atoms with E-state index in [1.165, 1.54) is 6.42 Å². The van der Waals surface area contributed by atoms with Gasteiger partial charge < -0.3 is 14.4 Å². The van der Waals surface area contributed by atoms with Crippen LogP contribution in [-0.2, 0) is 9.47 Å². The molecule has 0 atom stereocenters. The quantitative estimate of drug-likeness (QED) is 0.727. The number of likely N-dealkylation sites (tertiary alicyclic amines) is 1. The second kappa shape index (κ2) is 6.98. The number of nitrogens with zero attached hydrogens (tertiary/aromatic N) is 1. The van der Waals surface area contributed by atoms with Gasteiger partial charge in [-0.15, -0.1) is 0 Å². The van der Waals surface area contributed by atoms with Gasteiger partial charge in [-0.3, -0.25) is 0 Å².